The van der Waals surface area contributed by atoms with Crippen LogP contribution in [0.3, 0.4) is 0 Å². The Kier molecular flexibility index (Phi) is 4.90. The second-order valence-corrected chi connectivity index (χ2v) is 5.84. The van der Waals surface area contributed by atoms with Gasteiger partial charge in [-0.15, -0.1) is 11.3 Å². The zero-order valence-electron chi connectivity index (χ0n) is 11.6. The van der Waals surface area contributed by atoms with Gasteiger partial charge in [0.25, 0.3) is 5.91 Å². The number of ether oxygens (including phenoxy) is 1. The van der Waals surface area contributed by atoms with Crippen LogP contribution in [0.15, 0.2) is 36.4 Å². The van der Waals surface area contributed by atoms with Gasteiger partial charge in [0, 0.05) is 4.88 Å². The molecule has 0 saturated carbocycles. The van der Waals surface area contributed by atoms with Gasteiger partial charge in [-0.05, 0) is 43.7 Å². The van der Waals surface area contributed by atoms with Gasteiger partial charge in [-0.2, -0.15) is 8.78 Å². The van der Waals surface area contributed by atoms with Crippen LogP contribution >= 0.6 is 11.3 Å². The Labute approximate surface area is 125 Å². The second kappa shape index (κ2) is 6.67. The number of hydrogen-bond acceptors (Lipinski definition) is 3. The van der Waals surface area contributed by atoms with Crippen molar-refractivity contribution in [3.63, 3.8) is 0 Å². The molecule has 1 N–H and O–H groups in total. The standard InChI is InChI=1S/C15H15F2NO2S/c1-9-6-7-13(21-9)14(19)18-10(2)11-4-3-5-12(8-11)20-15(16)17/h3-8,10,15H,1-2H3,(H,18,19). The van der Waals surface area contributed by atoms with E-state index in [0.29, 0.717) is 10.4 Å². The summed E-state index contributed by atoms with van der Waals surface area (Å²) in [5.74, 6) is -0.101. The molecule has 112 valence electrons. The molecule has 2 rings (SSSR count). The number of alkyl halides is 2. The molecule has 1 atom stereocenters. The largest absolute Gasteiger partial charge is 0.435 e. The minimum Gasteiger partial charge on any atom is -0.435 e. The van der Waals surface area contributed by atoms with Crippen LogP contribution in [0.2, 0.25) is 0 Å². The Morgan fingerprint density at radius 1 is 1.29 bits per heavy atom. The number of hydrogen-bond donors (Lipinski definition) is 1. The van der Waals surface area contributed by atoms with Gasteiger partial charge in [-0.3, -0.25) is 4.79 Å². The van der Waals surface area contributed by atoms with Crippen LogP contribution < -0.4 is 10.1 Å². The summed E-state index contributed by atoms with van der Waals surface area (Å²) in [4.78, 5) is 13.7. The van der Waals surface area contributed by atoms with Gasteiger partial charge in [-0.25, -0.2) is 0 Å². The van der Waals surface area contributed by atoms with E-state index in [0.717, 1.165) is 4.88 Å². The van der Waals surface area contributed by atoms with Crippen LogP contribution in [0.25, 0.3) is 0 Å². The second-order valence-electron chi connectivity index (χ2n) is 4.56. The van der Waals surface area contributed by atoms with E-state index in [1.54, 1.807) is 25.1 Å². The van der Waals surface area contributed by atoms with E-state index in [1.807, 2.05) is 13.0 Å². The molecule has 1 heterocycles. The zero-order valence-corrected chi connectivity index (χ0v) is 12.4. The lowest BCUT2D eigenvalue weighted by molar-refractivity contribution is -0.0499. The highest BCUT2D eigenvalue weighted by molar-refractivity contribution is 7.13. The summed E-state index contributed by atoms with van der Waals surface area (Å²) in [6.07, 6.45) is 0. The summed E-state index contributed by atoms with van der Waals surface area (Å²) in [5.41, 5.74) is 0.703. The molecular formula is C15H15F2NO2S. The molecule has 0 saturated heterocycles. The third-order valence-corrected chi connectivity index (χ3v) is 3.89. The quantitative estimate of drug-likeness (QED) is 0.901. The van der Waals surface area contributed by atoms with Crippen LogP contribution in [0.4, 0.5) is 8.78 Å². The fraction of sp³-hybridized carbons (Fsp3) is 0.267. The topological polar surface area (TPSA) is 38.3 Å². The first kappa shape index (κ1) is 15.4. The Balaban J connectivity index is 2.06. The summed E-state index contributed by atoms with van der Waals surface area (Å²) in [6.45, 7) is 0.856. The number of benzene rings is 1. The lowest BCUT2D eigenvalue weighted by Gasteiger charge is -2.15. The van der Waals surface area contributed by atoms with Crippen molar-refractivity contribution in [3.05, 3.63) is 51.7 Å². The lowest BCUT2D eigenvalue weighted by atomic mass is 10.1. The highest BCUT2D eigenvalue weighted by Crippen LogP contribution is 2.22. The molecule has 0 bridgehead atoms. The van der Waals surface area contributed by atoms with Crippen molar-refractivity contribution >= 4 is 17.2 Å². The molecule has 21 heavy (non-hydrogen) atoms. The van der Waals surface area contributed by atoms with E-state index in [4.69, 9.17) is 0 Å². The molecule has 0 radical (unpaired) electrons. The van der Waals surface area contributed by atoms with E-state index in [1.165, 1.54) is 23.5 Å². The molecule has 2 aromatic rings. The van der Waals surface area contributed by atoms with E-state index in [9.17, 15) is 13.6 Å². The average Bonchev–Trinajstić information content (AvgIpc) is 2.85. The van der Waals surface area contributed by atoms with Gasteiger partial charge in [0.15, 0.2) is 0 Å². The van der Waals surface area contributed by atoms with Crippen molar-refractivity contribution in [2.45, 2.75) is 26.5 Å². The van der Waals surface area contributed by atoms with Crippen LogP contribution in [0.1, 0.15) is 33.1 Å². The van der Waals surface area contributed by atoms with Crippen LogP contribution in [0, 0.1) is 6.92 Å². The Morgan fingerprint density at radius 3 is 2.67 bits per heavy atom. The van der Waals surface area contributed by atoms with E-state index >= 15 is 0 Å². The number of amides is 1. The van der Waals surface area contributed by atoms with Gasteiger partial charge in [0.05, 0.1) is 10.9 Å². The van der Waals surface area contributed by atoms with Crippen molar-refractivity contribution < 1.29 is 18.3 Å². The highest BCUT2D eigenvalue weighted by atomic mass is 32.1. The maximum Gasteiger partial charge on any atom is 0.387 e. The molecule has 0 spiro atoms. The molecule has 1 amide bonds. The summed E-state index contributed by atoms with van der Waals surface area (Å²) in [6, 6.07) is 9.65. The number of rotatable bonds is 5. The molecule has 0 fully saturated rings. The molecule has 0 aliphatic heterocycles. The first-order chi connectivity index (χ1) is 9.95. The number of carbonyl (C=O) groups excluding carboxylic acids is 1. The zero-order chi connectivity index (χ0) is 15.4. The minimum absolute atomic E-state index is 0.0792. The maximum atomic E-state index is 12.2. The predicted octanol–water partition coefficient (Wildman–Crippen LogP) is 4.15. The third-order valence-electron chi connectivity index (χ3n) is 2.90. The van der Waals surface area contributed by atoms with Crippen molar-refractivity contribution in [2.75, 3.05) is 0 Å². The smallest absolute Gasteiger partial charge is 0.387 e. The van der Waals surface area contributed by atoms with E-state index in [-0.39, 0.29) is 17.7 Å². The third kappa shape index (κ3) is 4.26. The van der Waals surface area contributed by atoms with Gasteiger partial charge in [0.1, 0.15) is 5.75 Å². The Morgan fingerprint density at radius 2 is 2.05 bits per heavy atom. The summed E-state index contributed by atoms with van der Waals surface area (Å²) in [7, 11) is 0. The number of carbonyl (C=O) groups is 1. The number of halogens is 2. The molecule has 1 aromatic heterocycles. The summed E-state index contributed by atoms with van der Waals surface area (Å²) >= 11 is 1.41. The van der Waals surface area contributed by atoms with Gasteiger partial charge in [0.2, 0.25) is 0 Å². The first-order valence-electron chi connectivity index (χ1n) is 6.38. The van der Waals surface area contributed by atoms with Crippen molar-refractivity contribution in [1.82, 2.24) is 5.32 Å². The van der Waals surface area contributed by atoms with Crippen LogP contribution in [-0.4, -0.2) is 12.5 Å². The minimum atomic E-state index is -2.86. The molecule has 3 nitrogen and oxygen atoms in total. The van der Waals surface area contributed by atoms with Gasteiger partial charge >= 0.3 is 6.61 Å². The fourth-order valence-corrected chi connectivity index (χ4v) is 2.64. The monoisotopic (exact) mass is 311 g/mol. The first-order valence-corrected chi connectivity index (χ1v) is 7.19. The summed E-state index contributed by atoms with van der Waals surface area (Å²) < 4.78 is 28.7. The number of nitrogens with one attached hydrogen (secondary N) is 1. The SMILES string of the molecule is Cc1ccc(C(=O)NC(C)c2cccc(OC(F)F)c2)s1. The Bertz CT molecular complexity index is 628. The maximum absolute atomic E-state index is 12.2. The normalized spacial score (nSPS) is 12.2. The molecule has 1 aromatic carbocycles. The summed E-state index contributed by atoms with van der Waals surface area (Å²) in [5, 5.41) is 2.83. The lowest BCUT2D eigenvalue weighted by Crippen LogP contribution is -2.25. The number of thiophene rings is 1. The van der Waals surface area contributed by atoms with Gasteiger partial charge in [-0.1, -0.05) is 12.1 Å². The van der Waals surface area contributed by atoms with Gasteiger partial charge < -0.3 is 10.1 Å². The predicted molar refractivity (Wildman–Crippen MR) is 78.0 cm³/mol. The average molecular weight is 311 g/mol. The molecular weight excluding hydrogens is 296 g/mol. The van der Waals surface area contributed by atoms with Crippen molar-refractivity contribution in [2.24, 2.45) is 0 Å². The van der Waals surface area contributed by atoms with Crippen molar-refractivity contribution in [1.29, 1.82) is 0 Å². The van der Waals surface area contributed by atoms with Crippen molar-refractivity contribution in [3.8, 4) is 5.75 Å². The molecule has 0 aliphatic rings. The van der Waals surface area contributed by atoms with E-state index < -0.39 is 6.61 Å². The van der Waals surface area contributed by atoms with E-state index in [2.05, 4.69) is 10.1 Å². The fourth-order valence-electron chi connectivity index (χ4n) is 1.87. The molecule has 6 heteroatoms. The highest BCUT2D eigenvalue weighted by Gasteiger charge is 2.14. The van der Waals surface area contributed by atoms with Crippen LogP contribution in [0.5, 0.6) is 5.75 Å². The molecule has 0 aliphatic carbocycles. The number of aryl methyl sites for hydroxylation is 1. The van der Waals surface area contributed by atoms with Crippen LogP contribution in [-0.2, 0) is 0 Å². The molecule has 1 unspecified atom stereocenters. The Hall–Kier alpha value is -1.95.